The highest BCUT2D eigenvalue weighted by Crippen LogP contribution is 2.03. The summed E-state index contributed by atoms with van der Waals surface area (Å²) in [7, 11) is 1.63. The van der Waals surface area contributed by atoms with Gasteiger partial charge < -0.3 is 10.9 Å². The van der Waals surface area contributed by atoms with Crippen molar-refractivity contribution in [3.8, 4) is 0 Å². The molecule has 0 rings (SSSR count). The molecule has 0 aliphatic heterocycles. The Hall–Kier alpha value is -0.380. The first-order valence-corrected chi connectivity index (χ1v) is 3.45. The topological polar surface area (TPSA) is 49.5 Å². The van der Waals surface area contributed by atoms with Crippen LogP contribution in [0, 0.1) is 0 Å². The van der Waals surface area contributed by atoms with E-state index >= 15 is 0 Å². The summed E-state index contributed by atoms with van der Waals surface area (Å²) in [5, 5.41) is 10.2. The van der Waals surface area contributed by atoms with Crippen LogP contribution in [0.2, 0.25) is 0 Å². The zero-order valence-corrected chi connectivity index (χ0v) is 6.45. The summed E-state index contributed by atoms with van der Waals surface area (Å²) in [4.78, 5) is 0. The SMILES string of the molecule is C=CCC(CCN)N(C)O. The Kier molecular flexibility index (Phi) is 5.20. The van der Waals surface area contributed by atoms with Crippen LogP contribution in [0.4, 0.5) is 0 Å². The maximum absolute atomic E-state index is 9.00. The van der Waals surface area contributed by atoms with Gasteiger partial charge in [-0.1, -0.05) is 6.08 Å². The predicted molar refractivity (Wildman–Crippen MR) is 41.8 cm³/mol. The maximum atomic E-state index is 9.00. The predicted octanol–water partition coefficient (Wildman–Crippen LogP) is 0.601. The lowest BCUT2D eigenvalue weighted by Crippen LogP contribution is -2.30. The second-order valence-electron chi connectivity index (χ2n) is 2.33. The van der Waals surface area contributed by atoms with Gasteiger partial charge in [-0.2, -0.15) is 5.06 Å². The number of hydrogen-bond donors (Lipinski definition) is 2. The van der Waals surface area contributed by atoms with Gasteiger partial charge in [-0.15, -0.1) is 6.58 Å². The summed E-state index contributed by atoms with van der Waals surface area (Å²) in [5.74, 6) is 0. The van der Waals surface area contributed by atoms with E-state index in [1.807, 2.05) is 0 Å². The summed E-state index contributed by atoms with van der Waals surface area (Å²) in [6.07, 6.45) is 3.37. The van der Waals surface area contributed by atoms with Crippen molar-refractivity contribution in [3.63, 3.8) is 0 Å². The van der Waals surface area contributed by atoms with Crippen LogP contribution >= 0.6 is 0 Å². The summed E-state index contributed by atoms with van der Waals surface area (Å²) >= 11 is 0. The highest BCUT2D eigenvalue weighted by Gasteiger charge is 2.08. The van der Waals surface area contributed by atoms with E-state index in [0.717, 1.165) is 12.8 Å². The van der Waals surface area contributed by atoms with E-state index in [9.17, 15) is 0 Å². The summed E-state index contributed by atoms with van der Waals surface area (Å²) in [5.41, 5.74) is 5.33. The molecule has 3 nitrogen and oxygen atoms in total. The molecular weight excluding hydrogens is 128 g/mol. The normalized spacial score (nSPS) is 13.6. The molecule has 60 valence electrons. The van der Waals surface area contributed by atoms with Crippen LogP contribution < -0.4 is 5.73 Å². The third kappa shape index (κ3) is 3.61. The molecule has 0 aromatic carbocycles. The van der Waals surface area contributed by atoms with Crippen molar-refractivity contribution in [2.24, 2.45) is 5.73 Å². The number of nitrogens with zero attached hydrogens (tertiary/aromatic N) is 1. The molecule has 0 aromatic heterocycles. The number of hydrogen-bond acceptors (Lipinski definition) is 3. The van der Waals surface area contributed by atoms with Crippen molar-refractivity contribution in [2.45, 2.75) is 18.9 Å². The van der Waals surface area contributed by atoms with E-state index in [2.05, 4.69) is 6.58 Å². The maximum Gasteiger partial charge on any atom is 0.0393 e. The van der Waals surface area contributed by atoms with Crippen LogP contribution in [-0.2, 0) is 0 Å². The zero-order chi connectivity index (χ0) is 7.98. The molecule has 0 radical (unpaired) electrons. The molecule has 0 saturated carbocycles. The van der Waals surface area contributed by atoms with Crippen LogP contribution in [0.5, 0.6) is 0 Å². The largest absolute Gasteiger partial charge is 0.330 e. The van der Waals surface area contributed by atoms with Crippen LogP contribution in [0.25, 0.3) is 0 Å². The fourth-order valence-corrected chi connectivity index (χ4v) is 0.842. The summed E-state index contributed by atoms with van der Waals surface area (Å²) in [6, 6.07) is 0.127. The van der Waals surface area contributed by atoms with Crippen molar-refractivity contribution >= 4 is 0 Å². The van der Waals surface area contributed by atoms with Gasteiger partial charge in [0.15, 0.2) is 0 Å². The first-order valence-electron chi connectivity index (χ1n) is 3.45. The molecular formula is C7H16N2O. The molecule has 3 heteroatoms. The first kappa shape index (κ1) is 9.62. The number of nitrogens with two attached hydrogens (primary N) is 1. The Morgan fingerprint density at radius 1 is 1.80 bits per heavy atom. The molecule has 0 aliphatic carbocycles. The average molecular weight is 144 g/mol. The Morgan fingerprint density at radius 2 is 2.40 bits per heavy atom. The van der Waals surface area contributed by atoms with E-state index in [4.69, 9.17) is 10.9 Å². The van der Waals surface area contributed by atoms with Crippen molar-refractivity contribution < 1.29 is 5.21 Å². The molecule has 0 amide bonds. The van der Waals surface area contributed by atoms with Gasteiger partial charge in [-0.05, 0) is 19.4 Å². The molecule has 0 saturated heterocycles. The molecule has 1 unspecified atom stereocenters. The third-order valence-electron chi connectivity index (χ3n) is 1.47. The lowest BCUT2D eigenvalue weighted by Gasteiger charge is -2.19. The van der Waals surface area contributed by atoms with E-state index in [1.165, 1.54) is 5.06 Å². The molecule has 0 aliphatic rings. The lowest BCUT2D eigenvalue weighted by atomic mass is 10.1. The molecule has 0 heterocycles. The van der Waals surface area contributed by atoms with Crippen LogP contribution in [0.15, 0.2) is 12.7 Å². The first-order chi connectivity index (χ1) is 4.72. The Bertz CT molecular complexity index is 93.6. The fourth-order valence-electron chi connectivity index (χ4n) is 0.842. The zero-order valence-electron chi connectivity index (χ0n) is 6.45. The van der Waals surface area contributed by atoms with Crippen molar-refractivity contribution in [3.05, 3.63) is 12.7 Å². The highest BCUT2D eigenvalue weighted by molar-refractivity contribution is 4.76. The van der Waals surface area contributed by atoms with Crippen molar-refractivity contribution in [1.29, 1.82) is 0 Å². The van der Waals surface area contributed by atoms with Gasteiger partial charge in [0, 0.05) is 13.1 Å². The van der Waals surface area contributed by atoms with Crippen LogP contribution in [0.1, 0.15) is 12.8 Å². The Morgan fingerprint density at radius 3 is 2.70 bits per heavy atom. The molecule has 0 fully saturated rings. The van der Waals surface area contributed by atoms with Gasteiger partial charge in [0.25, 0.3) is 0 Å². The van der Waals surface area contributed by atoms with E-state index in [0.29, 0.717) is 6.54 Å². The van der Waals surface area contributed by atoms with Crippen LogP contribution in [-0.4, -0.2) is 29.9 Å². The minimum Gasteiger partial charge on any atom is -0.330 e. The monoisotopic (exact) mass is 144 g/mol. The fraction of sp³-hybridized carbons (Fsp3) is 0.714. The molecule has 0 aromatic rings. The Balaban J connectivity index is 3.60. The van der Waals surface area contributed by atoms with Gasteiger partial charge in [-0.25, -0.2) is 0 Å². The quantitative estimate of drug-likeness (QED) is 0.439. The van der Waals surface area contributed by atoms with Crippen molar-refractivity contribution in [1.82, 2.24) is 5.06 Å². The second kappa shape index (κ2) is 5.41. The minimum absolute atomic E-state index is 0.127. The van der Waals surface area contributed by atoms with Gasteiger partial charge in [0.2, 0.25) is 0 Å². The van der Waals surface area contributed by atoms with Crippen molar-refractivity contribution in [2.75, 3.05) is 13.6 Å². The lowest BCUT2D eigenvalue weighted by molar-refractivity contribution is -0.102. The molecule has 0 spiro atoms. The van der Waals surface area contributed by atoms with Gasteiger partial charge in [0.05, 0.1) is 0 Å². The second-order valence-corrected chi connectivity index (χ2v) is 2.33. The minimum atomic E-state index is 0.127. The van der Waals surface area contributed by atoms with Gasteiger partial charge >= 0.3 is 0 Å². The standard InChI is InChI=1S/C7H16N2O/c1-3-4-7(5-6-8)9(2)10/h3,7,10H,1,4-6,8H2,2H3. The number of rotatable bonds is 5. The summed E-state index contributed by atoms with van der Waals surface area (Å²) < 4.78 is 0. The smallest absolute Gasteiger partial charge is 0.0393 e. The molecule has 3 N–H and O–H groups in total. The van der Waals surface area contributed by atoms with Crippen LogP contribution in [0.3, 0.4) is 0 Å². The van der Waals surface area contributed by atoms with E-state index < -0.39 is 0 Å². The number of hydroxylamine groups is 2. The van der Waals surface area contributed by atoms with Gasteiger partial charge in [0.1, 0.15) is 0 Å². The van der Waals surface area contributed by atoms with E-state index in [-0.39, 0.29) is 6.04 Å². The molecule has 0 bridgehead atoms. The molecule has 10 heavy (non-hydrogen) atoms. The Labute approximate surface area is 62.1 Å². The van der Waals surface area contributed by atoms with Gasteiger partial charge in [-0.3, -0.25) is 0 Å². The van der Waals surface area contributed by atoms with E-state index in [1.54, 1.807) is 13.1 Å². The third-order valence-corrected chi connectivity index (χ3v) is 1.47. The molecule has 1 atom stereocenters. The average Bonchev–Trinajstić information content (AvgIpc) is 1.87. The summed E-state index contributed by atoms with van der Waals surface area (Å²) in [6.45, 7) is 4.19. The highest BCUT2D eigenvalue weighted by atomic mass is 16.5.